The molecule has 8 heteroatoms. The number of halogens is 1. The minimum atomic E-state index is -0.311. The lowest BCUT2D eigenvalue weighted by atomic mass is 10.1. The van der Waals surface area contributed by atoms with Crippen LogP contribution in [-0.4, -0.2) is 55.1 Å². The Balaban J connectivity index is 1.46. The number of piperazine rings is 1. The van der Waals surface area contributed by atoms with Gasteiger partial charge in [0.1, 0.15) is 16.5 Å². The van der Waals surface area contributed by atoms with Crippen molar-refractivity contribution in [3.63, 3.8) is 0 Å². The van der Waals surface area contributed by atoms with Crippen LogP contribution in [0.15, 0.2) is 59.5 Å². The van der Waals surface area contributed by atoms with Crippen LogP contribution in [0.1, 0.15) is 5.56 Å². The van der Waals surface area contributed by atoms with E-state index >= 15 is 0 Å². The molecular weight excluding hydrogens is 416 g/mol. The summed E-state index contributed by atoms with van der Waals surface area (Å²) in [4.78, 5) is 17.2. The minimum absolute atomic E-state index is 0.196. The molecule has 2 aromatic carbocycles. The van der Waals surface area contributed by atoms with E-state index in [4.69, 9.17) is 21.1 Å². The Hall–Kier alpha value is -3.03. The lowest BCUT2D eigenvalue weighted by Crippen LogP contribution is -2.46. The lowest BCUT2D eigenvalue weighted by Gasteiger charge is -2.36. The zero-order valence-electron chi connectivity index (χ0n) is 17.6. The molecule has 1 aromatic heterocycles. The zero-order chi connectivity index (χ0) is 21.8. The first-order valence-corrected chi connectivity index (χ1v) is 10.5. The fourth-order valence-corrected chi connectivity index (χ4v) is 4.04. The van der Waals surface area contributed by atoms with Crippen LogP contribution in [0.4, 0.5) is 5.69 Å². The van der Waals surface area contributed by atoms with Gasteiger partial charge in [0, 0.05) is 38.3 Å². The molecular formula is C23H25ClN4O3. The van der Waals surface area contributed by atoms with Crippen LogP contribution in [0.25, 0.3) is 5.69 Å². The summed E-state index contributed by atoms with van der Waals surface area (Å²) in [7, 11) is 3.34. The number of nitrogens with zero attached hydrogens (tertiary/aromatic N) is 4. The van der Waals surface area contributed by atoms with Gasteiger partial charge in [-0.1, -0.05) is 29.8 Å². The Bertz CT molecular complexity index is 1100. The maximum atomic E-state index is 12.8. The van der Waals surface area contributed by atoms with Crippen LogP contribution in [0.3, 0.4) is 0 Å². The number of hydrogen-bond donors (Lipinski definition) is 0. The van der Waals surface area contributed by atoms with E-state index in [0.717, 1.165) is 49.8 Å². The highest BCUT2D eigenvalue weighted by molar-refractivity contribution is 6.33. The van der Waals surface area contributed by atoms with Crippen LogP contribution in [0.5, 0.6) is 11.5 Å². The van der Waals surface area contributed by atoms with Crippen molar-refractivity contribution < 1.29 is 9.47 Å². The molecule has 4 rings (SSSR count). The van der Waals surface area contributed by atoms with E-state index in [9.17, 15) is 4.79 Å². The molecule has 1 fully saturated rings. The highest BCUT2D eigenvalue weighted by Gasteiger charge is 2.22. The SMILES string of the molecule is COc1ccc(OC)c(CN2CCN(c3cnn(-c4ccccc4)c(=O)c3Cl)CC2)c1. The van der Waals surface area contributed by atoms with E-state index in [-0.39, 0.29) is 10.6 Å². The number of methoxy groups -OCH3 is 2. The number of aromatic nitrogens is 2. The monoisotopic (exact) mass is 440 g/mol. The molecule has 31 heavy (non-hydrogen) atoms. The van der Waals surface area contributed by atoms with Crippen molar-refractivity contribution in [3.8, 4) is 17.2 Å². The highest BCUT2D eigenvalue weighted by Crippen LogP contribution is 2.27. The summed E-state index contributed by atoms with van der Waals surface area (Å²) < 4.78 is 12.2. The van der Waals surface area contributed by atoms with Crippen LogP contribution in [-0.2, 0) is 6.54 Å². The molecule has 0 N–H and O–H groups in total. The summed E-state index contributed by atoms with van der Waals surface area (Å²) in [5, 5.41) is 4.54. The summed E-state index contributed by atoms with van der Waals surface area (Å²) in [5.41, 5.74) is 2.14. The predicted octanol–water partition coefficient (Wildman–Crippen LogP) is 3.23. The lowest BCUT2D eigenvalue weighted by molar-refractivity contribution is 0.245. The number of ether oxygens (including phenoxy) is 2. The maximum absolute atomic E-state index is 12.8. The van der Waals surface area contributed by atoms with Crippen molar-refractivity contribution in [1.29, 1.82) is 0 Å². The zero-order valence-corrected chi connectivity index (χ0v) is 18.4. The molecule has 0 amide bonds. The molecule has 1 aliphatic rings. The van der Waals surface area contributed by atoms with Crippen molar-refractivity contribution >= 4 is 17.3 Å². The summed E-state index contributed by atoms with van der Waals surface area (Å²) >= 11 is 6.46. The second kappa shape index (κ2) is 9.41. The first kappa shape index (κ1) is 21.2. The third kappa shape index (κ3) is 4.52. The molecule has 0 radical (unpaired) electrons. The fourth-order valence-electron chi connectivity index (χ4n) is 3.79. The van der Waals surface area contributed by atoms with Gasteiger partial charge in [0.2, 0.25) is 0 Å². The number of anilines is 1. The molecule has 0 unspecified atom stereocenters. The van der Waals surface area contributed by atoms with Crippen molar-refractivity contribution in [1.82, 2.24) is 14.7 Å². The first-order valence-electron chi connectivity index (χ1n) is 10.1. The quantitative estimate of drug-likeness (QED) is 0.586. The Kier molecular flexibility index (Phi) is 6.44. The predicted molar refractivity (Wildman–Crippen MR) is 122 cm³/mol. The molecule has 0 atom stereocenters. The van der Waals surface area contributed by atoms with Crippen molar-refractivity contribution in [3.05, 3.63) is 75.7 Å². The smallest absolute Gasteiger partial charge is 0.292 e. The van der Waals surface area contributed by atoms with Crippen molar-refractivity contribution in [2.45, 2.75) is 6.54 Å². The molecule has 7 nitrogen and oxygen atoms in total. The summed E-state index contributed by atoms with van der Waals surface area (Å²) in [6.07, 6.45) is 1.68. The van der Waals surface area contributed by atoms with E-state index in [1.54, 1.807) is 20.4 Å². The molecule has 0 bridgehead atoms. The number of rotatable bonds is 6. The molecule has 3 aromatic rings. The highest BCUT2D eigenvalue weighted by atomic mass is 35.5. The van der Waals surface area contributed by atoms with Crippen LogP contribution < -0.4 is 19.9 Å². The van der Waals surface area contributed by atoms with Gasteiger partial charge in [0.05, 0.1) is 31.8 Å². The second-order valence-corrected chi connectivity index (χ2v) is 7.72. The van der Waals surface area contributed by atoms with Gasteiger partial charge in [-0.2, -0.15) is 9.78 Å². The third-order valence-corrected chi connectivity index (χ3v) is 5.85. The molecule has 162 valence electrons. The fraction of sp³-hybridized carbons (Fsp3) is 0.304. The van der Waals surface area contributed by atoms with Gasteiger partial charge < -0.3 is 14.4 Å². The van der Waals surface area contributed by atoms with E-state index < -0.39 is 0 Å². The molecule has 1 saturated heterocycles. The Morgan fingerprint density at radius 1 is 1.00 bits per heavy atom. The van der Waals surface area contributed by atoms with Crippen LogP contribution in [0.2, 0.25) is 5.02 Å². The Morgan fingerprint density at radius 3 is 2.42 bits per heavy atom. The van der Waals surface area contributed by atoms with Crippen LogP contribution in [0, 0.1) is 0 Å². The maximum Gasteiger partial charge on any atom is 0.292 e. The van der Waals surface area contributed by atoms with E-state index in [0.29, 0.717) is 11.4 Å². The number of para-hydroxylation sites is 1. The average molecular weight is 441 g/mol. The van der Waals surface area contributed by atoms with Crippen molar-refractivity contribution in [2.24, 2.45) is 0 Å². The van der Waals surface area contributed by atoms with Gasteiger partial charge in [-0.25, -0.2) is 0 Å². The Morgan fingerprint density at radius 2 is 1.74 bits per heavy atom. The van der Waals surface area contributed by atoms with Crippen molar-refractivity contribution in [2.75, 3.05) is 45.3 Å². The topological polar surface area (TPSA) is 59.8 Å². The third-order valence-electron chi connectivity index (χ3n) is 5.50. The van der Waals surface area contributed by atoms with E-state index in [2.05, 4.69) is 14.9 Å². The standard InChI is InChI=1S/C23H25ClN4O3/c1-30-19-8-9-21(31-2)17(14-19)16-26-10-12-27(13-11-26)20-15-25-28(23(29)22(20)24)18-6-4-3-5-7-18/h3-9,14-15H,10-13,16H2,1-2H3. The largest absolute Gasteiger partial charge is 0.497 e. The molecule has 0 aliphatic carbocycles. The summed E-state index contributed by atoms with van der Waals surface area (Å²) in [6.45, 7) is 3.93. The van der Waals surface area contributed by atoms with E-state index in [1.807, 2.05) is 48.5 Å². The molecule has 0 saturated carbocycles. The molecule has 2 heterocycles. The van der Waals surface area contributed by atoms with Gasteiger partial charge in [0.25, 0.3) is 5.56 Å². The summed E-state index contributed by atoms with van der Waals surface area (Å²) in [6, 6.07) is 15.1. The second-order valence-electron chi connectivity index (χ2n) is 7.34. The van der Waals surface area contributed by atoms with Gasteiger partial charge in [-0.3, -0.25) is 9.69 Å². The van der Waals surface area contributed by atoms with Gasteiger partial charge in [-0.15, -0.1) is 0 Å². The van der Waals surface area contributed by atoms with Gasteiger partial charge in [0.15, 0.2) is 0 Å². The molecule has 1 aliphatic heterocycles. The number of benzene rings is 2. The van der Waals surface area contributed by atoms with Gasteiger partial charge >= 0.3 is 0 Å². The normalized spacial score (nSPS) is 14.5. The average Bonchev–Trinajstić information content (AvgIpc) is 2.82. The van der Waals surface area contributed by atoms with Crippen LogP contribution >= 0.6 is 11.6 Å². The summed E-state index contributed by atoms with van der Waals surface area (Å²) in [5.74, 6) is 1.66. The molecule has 0 spiro atoms. The van der Waals surface area contributed by atoms with Gasteiger partial charge in [-0.05, 0) is 30.3 Å². The Labute approximate surface area is 186 Å². The number of hydrogen-bond acceptors (Lipinski definition) is 6. The first-order chi connectivity index (χ1) is 15.1. The minimum Gasteiger partial charge on any atom is -0.497 e. The van der Waals surface area contributed by atoms with E-state index in [1.165, 1.54) is 4.68 Å².